The van der Waals surface area contributed by atoms with Crippen LogP contribution in [0.15, 0.2) is 18.5 Å². The first-order chi connectivity index (χ1) is 10.5. The number of carbonyl (C=O) groups is 1. The number of sulfone groups is 1. The predicted molar refractivity (Wildman–Crippen MR) is 82.2 cm³/mol. The van der Waals surface area contributed by atoms with Gasteiger partial charge in [-0.3, -0.25) is 4.79 Å². The lowest BCUT2D eigenvalue weighted by Crippen LogP contribution is -2.44. The van der Waals surface area contributed by atoms with E-state index in [4.69, 9.17) is 0 Å². The highest BCUT2D eigenvalue weighted by Gasteiger charge is 2.32. The molecule has 3 heterocycles. The molecule has 2 saturated heterocycles. The van der Waals surface area contributed by atoms with E-state index in [1.54, 1.807) is 18.5 Å². The molecule has 8 heteroatoms. The van der Waals surface area contributed by atoms with Crippen LogP contribution >= 0.6 is 0 Å². The van der Waals surface area contributed by atoms with Gasteiger partial charge in [-0.15, -0.1) is 0 Å². The normalized spacial score (nSPS) is 25.1. The van der Waals surface area contributed by atoms with Gasteiger partial charge in [0.25, 0.3) is 0 Å². The molecule has 2 aliphatic heterocycles. The van der Waals surface area contributed by atoms with Crippen molar-refractivity contribution in [3.8, 4) is 0 Å². The van der Waals surface area contributed by atoms with Crippen molar-refractivity contribution in [3.05, 3.63) is 18.5 Å². The third kappa shape index (κ3) is 3.55. The van der Waals surface area contributed by atoms with Gasteiger partial charge in [0.1, 0.15) is 0 Å². The summed E-state index contributed by atoms with van der Waals surface area (Å²) in [5.41, 5.74) is 0. The summed E-state index contributed by atoms with van der Waals surface area (Å²) in [7, 11) is -2.96. The van der Waals surface area contributed by atoms with E-state index < -0.39 is 9.84 Å². The van der Waals surface area contributed by atoms with Gasteiger partial charge in [-0.1, -0.05) is 0 Å². The van der Waals surface area contributed by atoms with Gasteiger partial charge in [-0.05, 0) is 25.3 Å². The van der Waals surface area contributed by atoms with E-state index in [2.05, 4.69) is 20.2 Å². The number of hydrogen-bond acceptors (Lipinski definition) is 6. The van der Waals surface area contributed by atoms with E-state index in [1.807, 2.05) is 0 Å². The van der Waals surface area contributed by atoms with E-state index in [1.165, 1.54) is 0 Å². The smallest absolute Gasteiger partial charge is 0.225 e. The maximum Gasteiger partial charge on any atom is 0.225 e. The Hall–Kier alpha value is -1.70. The second kappa shape index (κ2) is 6.20. The monoisotopic (exact) mass is 324 g/mol. The van der Waals surface area contributed by atoms with Crippen molar-refractivity contribution in [1.82, 2.24) is 15.3 Å². The fourth-order valence-corrected chi connectivity index (χ4v) is 4.70. The zero-order chi connectivity index (χ0) is 15.6. The summed E-state index contributed by atoms with van der Waals surface area (Å²) in [5.74, 6) is 0.888. The third-order valence-electron chi connectivity index (χ3n) is 4.28. The quantitative estimate of drug-likeness (QED) is 0.841. The van der Waals surface area contributed by atoms with Crippen LogP contribution in [-0.2, 0) is 14.6 Å². The van der Waals surface area contributed by atoms with Crippen LogP contribution < -0.4 is 10.2 Å². The summed E-state index contributed by atoms with van der Waals surface area (Å²) in [4.78, 5) is 22.8. The zero-order valence-electron chi connectivity index (χ0n) is 12.3. The lowest BCUT2D eigenvalue weighted by molar-refractivity contribution is -0.126. The van der Waals surface area contributed by atoms with Crippen molar-refractivity contribution in [3.63, 3.8) is 0 Å². The number of nitrogens with zero attached hydrogens (tertiary/aromatic N) is 3. The lowest BCUT2D eigenvalue weighted by Gasteiger charge is -2.31. The summed E-state index contributed by atoms with van der Waals surface area (Å²) >= 11 is 0. The Morgan fingerprint density at radius 3 is 2.45 bits per heavy atom. The van der Waals surface area contributed by atoms with Gasteiger partial charge in [0.2, 0.25) is 11.9 Å². The Morgan fingerprint density at radius 2 is 1.86 bits per heavy atom. The minimum Gasteiger partial charge on any atom is -0.352 e. The first-order valence-corrected chi connectivity index (χ1v) is 9.38. The Balaban J connectivity index is 1.50. The summed E-state index contributed by atoms with van der Waals surface area (Å²) in [6.07, 6.45) is 5.43. The van der Waals surface area contributed by atoms with Crippen LogP contribution in [0.3, 0.4) is 0 Å². The molecule has 1 amide bonds. The molecule has 1 atom stereocenters. The zero-order valence-corrected chi connectivity index (χ0v) is 13.1. The van der Waals surface area contributed by atoms with Crippen molar-refractivity contribution < 1.29 is 13.2 Å². The molecule has 1 unspecified atom stereocenters. The summed E-state index contributed by atoms with van der Waals surface area (Å²) in [6.45, 7) is 1.48. The number of aromatic nitrogens is 2. The lowest BCUT2D eigenvalue weighted by atomic mass is 9.95. The molecule has 3 rings (SSSR count). The van der Waals surface area contributed by atoms with Crippen LogP contribution in [0.25, 0.3) is 0 Å². The number of amides is 1. The maximum atomic E-state index is 12.3. The van der Waals surface area contributed by atoms with E-state index >= 15 is 0 Å². The second-order valence-corrected chi connectivity index (χ2v) is 8.15. The number of anilines is 1. The van der Waals surface area contributed by atoms with Crippen molar-refractivity contribution in [2.75, 3.05) is 29.5 Å². The van der Waals surface area contributed by atoms with Crippen molar-refractivity contribution >= 4 is 21.7 Å². The molecular weight excluding hydrogens is 304 g/mol. The minimum atomic E-state index is -2.96. The summed E-state index contributed by atoms with van der Waals surface area (Å²) in [6, 6.07) is 1.56. The van der Waals surface area contributed by atoms with Crippen LogP contribution in [0.2, 0.25) is 0 Å². The standard InChI is InChI=1S/C14H20N4O3S/c19-13(17-12-4-9-22(20,21)10-12)11-2-7-18(8-3-11)14-15-5-1-6-16-14/h1,5-6,11-12H,2-4,7-10H2,(H,17,19). The van der Waals surface area contributed by atoms with Crippen LogP contribution in [0.5, 0.6) is 0 Å². The van der Waals surface area contributed by atoms with E-state index in [-0.39, 0.29) is 29.4 Å². The van der Waals surface area contributed by atoms with E-state index in [0.717, 1.165) is 25.9 Å². The van der Waals surface area contributed by atoms with Crippen LogP contribution in [0.4, 0.5) is 5.95 Å². The molecule has 2 aliphatic rings. The Labute approximate surface area is 130 Å². The molecule has 120 valence electrons. The third-order valence-corrected chi connectivity index (χ3v) is 6.05. The van der Waals surface area contributed by atoms with Gasteiger partial charge in [-0.25, -0.2) is 18.4 Å². The topological polar surface area (TPSA) is 92.3 Å². The summed E-state index contributed by atoms with van der Waals surface area (Å²) in [5, 5.41) is 2.89. The Morgan fingerprint density at radius 1 is 1.18 bits per heavy atom. The molecule has 22 heavy (non-hydrogen) atoms. The largest absolute Gasteiger partial charge is 0.352 e. The highest BCUT2D eigenvalue weighted by atomic mass is 32.2. The van der Waals surface area contributed by atoms with Gasteiger partial charge >= 0.3 is 0 Å². The molecule has 7 nitrogen and oxygen atoms in total. The fraction of sp³-hybridized carbons (Fsp3) is 0.643. The molecule has 0 aromatic carbocycles. The first-order valence-electron chi connectivity index (χ1n) is 7.56. The number of rotatable bonds is 3. The number of piperidine rings is 1. The van der Waals surface area contributed by atoms with Gasteiger partial charge in [0.15, 0.2) is 9.84 Å². The molecule has 0 aliphatic carbocycles. The van der Waals surface area contributed by atoms with Crippen molar-refractivity contribution in [1.29, 1.82) is 0 Å². The maximum absolute atomic E-state index is 12.3. The highest BCUT2D eigenvalue weighted by molar-refractivity contribution is 7.91. The number of hydrogen-bond donors (Lipinski definition) is 1. The van der Waals surface area contributed by atoms with Gasteiger partial charge in [-0.2, -0.15) is 0 Å². The SMILES string of the molecule is O=C(NC1CCS(=O)(=O)C1)C1CCN(c2ncccn2)CC1. The highest BCUT2D eigenvalue weighted by Crippen LogP contribution is 2.21. The summed E-state index contributed by atoms with van der Waals surface area (Å²) < 4.78 is 22.9. The van der Waals surface area contributed by atoms with Crippen LogP contribution in [0.1, 0.15) is 19.3 Å². The van der Waals surface area contributed by atoms with Gasteiger partial charge in [0.05, 0.1) is 11.5 Å². The number of nitrogens with one attached hydrogen (secondary N) is 1. The second-order valence-electron chi connectivity index (χ2n) is 5.92. The average molecular weight is 324 g/mol. The molecule has 1 aromatic heterocycles. The van der Waals surface area contributed by atoms with Crippen molar-refractivity contribution in [2.45, 2.75) is 25.3 Å². The van der Waals surface area contributed by atoms with E-state index in [0.29, 0.717) is 12.4 Å². The van der Waals surface area contributed by atoms with Crippen LogP contribution in [0, 0.1) is 5.92 Å². The number of carbonyl (C=O) groups excluding carboxylic acids is 1. The molecular formula is C14H20N4O3S. The molecule has 0 radical (unpaired) electrons. The molecule has 1 N–H and O–H groups in total. The van der Waals surface area contributed by atoms with Crippen molar-refractivity contribution in [2.24, 2.45) is 5.92 Å². The predicted octanol–water partition coefficient (Wildman–Crippen LogP) is -0.00370. The van der Waals surface area contributed by atoms with Gasteiger partial charge in [0, 0.05) is 37.4 Å². The molecule has 0 bridgehead atoms. The van der Waals surface area contributed by atoms with Crippen LogP contribution in [-0.4, -0.2) is 54.9 Å². The minimum absolute atomic E-state index is 0.0178. The average Bonchev–Trinajstić information content (AvgIpc) is 2.87. The molecule has 2 fully saturated rings. The molecule has 0 saturated carbocycles. The Kier molecular flexibility index (Phi) is 4.28. The van der Waals surface area contributed by atoms with Gasteiger partial charge < -0.3 is 10.2 Å². The molecule has 0 spiro atoms. The van der Waals surface area contributed by atoms with E-state index in [9.17, 15) is 13.2 Å². The fourth-order valence-electron chi connectivity index (χ4n) is 3.02. The first kappa shape index (κ1) is 15.2. The molecule has 1 aromatic rings. The Bertz CT molecular complexity index is 627.